The highest BCUT2D eigenvalue weighted by molar-refractivity contribution is 6.35. The molecule has 2 fully saturated rings. The Labute approximate surface area is 167 Å². The summed E-state index contributed by atoms with van der Waals surface area (Å²) >= 11 is 12.5. The van der Waals surface area contributed by atoms with Crippen molar-refractivity contribution in [2.24, 2.45) is 0 Å². The molecule has 2 aliphatic carbocycles. The van der Waals surface area contributed by atoms with E-state index in [1.807, 2.05) is 30.3 Å². The van der Waals surface area contributed by atoms with Crippen molar-refractivity contribution < 1.29 is 9.53 Å². The highest BCUT2D eigenvalue weighted by Gasteiger charge is 2.41. The first kappa shape index (κ1) is 18.3. The predicted molar refractivity (Wildman–Crippen MR) is 106 cm³/mol. The molecular formula is C20H19Cl2N3O2. The van der Waals surface area contributed by atoms with Crippen LogP contribution in [0.5, 0.6) is 0 Å². The van der Waals surface area contributed by atoms with Crippen LogP contribution in [-0.2, 0) is 4.74 Å². The molecule has 0 saturated heterocycles. The van der Waals surface area contributed by atoms with Gasteiger partial charge in [0.1, 0.15) is 16.7 Å². The zero-order valence-electron chi connectivity index (χ0n) is 14.8. The number of aromatic nitrogens is 2. The molecule has 2 aromatic rings. The van der Waals surface area contributed by atoms with E-state index in [9.17, 15) is 4.79 Å². The van der Waals surface area contributed by atoms with E-state index >= 15 is 0 Å². The maximum absolute atomic E-state index is 12.1. The first-order valence-corrected chi connectivity index (χ1v) is 9.64. The summed E-state index contributed by atoms with van der Waals surface area (Å²) in [6.45, 7) is 0. The minimum absolute atomic E-state index is 0.119. The maximum Gasteiger partial charge on any atom is 0.358 e. The second-order valence-electron chi connectivity index (χ2n) is 7.03. The smallest absolute Gasteiger partial charge is 0.358 e. The maximum atomic E-state index is 12.1. The summed E-state index contributed by atoms with van der Waals surface area (Å²) in [6, 6.07) is 7.67. The molecule has 2 saturated carbocycles. The molecule has 0 aliphatic heterocycles. The molecule has 4 rings (SSSR count). The summed E-state index contributed by atoms with van der Waals surface area (Å²) in [5.41, 5.74) is 0.917. The number of hydrogen-bond donors (Lipinski definition) is 1. The van der Waals surface area contributed by atoms with Crippen LogP contribution < -0.4 is 5.32 Å². The molecule has 27 heavy (non-hydrogen) atoms. The number of nitrogens with one attached hydrogen (secondary N) is 1. The van der Waals surface area contributed by atoms with Crippen LogP contribution in [0.4, 0.5) is 5.82 Å². The Hall–Kier alpha value is -2.11. The molecule has 1 aromatic carbocycles. The Balaban J connectivity index is 1.61. The van der Waals surface area contributed by atoms with Crippen LogP contribution in [0.25, 0.3) is 6.08 Å². The van der Waals surface area contributed by atoms with Gasteiger partial charge in [-0.05, 0) is 43.4 Å². The highest BCUT2D eigenvalue weighted by Crippen LogP contribution is 2.44. The number of esters is 1. The zero-order valence-corrected chi connectivity index (χ0v) is 16.3. The quantitative estimate of drug-likeness (QED) is 0.679. The number of rotatable bonds is 6. The number of carbonyl (C=O) groups excluding carboxylic acids is 1. The monoisotopic (exact) mass is 403 g/mol. The van der Waals surface area contributed by atoms with E-state index in [0.717, 1.165) is 31.2 Å². The van der Waals surface area contributed by atoms with Crippen molar-refractivity contribution in [2.45, 2.75) is 37.1 Å². The molecule has 0 atom stereocenters. The number of methoxy groups -OCH3 is 1. The fraction of sp³-hybridized carbons (Fsp3) is 0.350. The topological polar surface area (TPSA) is 64.1 Å². The molecule has 5 nitrogen and oxygen atoms in total. The number of ether oxygens (including phenoxy) is 1. The highest BCUT2D eigenvalue weighted by atomic mass is 35.5. The third-order valence-corrected chi connectivity index (χ3v) is 5.38. The Morgan fingerprint density at radius 3 is 2.70 bits per heavy atom. The summed E-state index contributed by atoms with van der Waals surface area (Å²) in [4.78, 5) is 21.0. The second-order valence-corrected chi connectivity index (χ2v) is 7.84. The van der Waals surface area contributed by atoms with Gasteiger partial charge >= 0.3 is 5.97 Å². The third kappa shape index (κ3) is 4.09. The predicted octanol–water partition coefficient (Wildman–Crippen LogP) is 5.11. The van der Waals surface area contributed by atoms with Gasteiger partial charge in [-0.3, -0.25) is 0 Å². The lowest BCUT2D eigenvalue weighted by Gasteiger charge is -2.17. The minimum atomic E-state index is -0.549. The molecule has 1 N–H and O–H groups in total. The van der Waals surface area contributed by atoms with E-state index in [1.54, 1.807) is 0 Å². The van der Waals surface area contributed by atoms with Gasteiger partial charge in [0.25, 0.3) is 0 Å². The lowest BCUT2D eigenvalue weighted by Crippen LogP contribution is -2.21. The van der Waals surface area contributed by atoms with Crippen LogP contribution in [0.3, 0.4) is 0 Å². The van der Waals surface area contributed by atoms with Gasteiger partial charge in [-0.2, -0.15) is 0 Å². The molecule has 7 heteroatoms. The Bertz CT molecular complexity index is 921. The number of hydrogen-bond acceptors (Lipinski definition) is 5. The van der Waals surface area contributed by atoms with E-state index in [0.29, 0.717) is 22.6 Å². The van der Waals surface area contributed by atoms with E-state index in [2.05, 4.69) is 21.4 Å². The summed E-state index contributed by atoms with van der Waals surface area (Å²) in [5, 5.41) is 4.32. The number of nitrogens with zero attached hydrogens (tertiary/aromatic N) is 2. The van der Waals surface area contributed by atoms with Crippen LogP contribution >= 0.6 is 23.2 Å². The molecule has 0 bridgehead atoms. The average Bonchev–Trinajstić information content (AvgIpc) is 3.57. The average molecular weight is 404 g/mol. The Kier molecular flexibility index (Phi) is 4.82. The Morgan fingerprint density at radius 1 is 1.30 bits per heavy atom. The van der Waals surface area contributed by atoms with Gasteiger partial charge in [0, 0.05) is 10.9 Å². The van der Waals surface area contributed by atoms with Crippen molar-refractivity contribution in [2.75, 3.05) is 12.4 Å². The zero-order chi connectivity index (χ0) is 19.0. The summed E-state index contributed by atoms with van der Waals surface area (Å²) < 4.78 is 4.82. The van der Waals surface area contributed by atoms with Gasteiger partial charge in [-0.15, -0.1) is 0 Å². The fourth-order valence-electron chi connectivity index (χ4n) is 2.87. The van der Waals surface area contributed by atoms with Gasteiger partial charge < -0.3 is 10.1 Å². The molecular weight excluding hydrogens is 385 g/mol. The van der Waals surface area contributed by atoms with Crippen molar-refractivity contribution in [3.8, 4) is 0 Å². The SMILES string of the molecule is COC(=O)c1nc(C2CC2)nc(NC2(/C=C/c3cccc(Cl)c3)CC2)c1Cl. The summed E-state index contributed by atoms with van der Waals surface area (Å²) in [6.07, 6.45) is 8.10. The van der Waals surface area contributed by atoms with Crippen LogP contribution in [0.1, 0.15) is 53.5 Å². The molecule has 140 valence electrons. The number of anilines is 1. The van der Waals surface area contributed by atoms with Gasteiger partial charge in [0.2, 0.25) is 0 Å². The minimum Gasteiger partial charge on any atom is -0.464 e. The van der Waals surface area contributed by atoms with Gasteiger partial charge in [-0.1, -0.05) is 47.5 Å². The summed E-state index contributed by atoms with van der Waals surface area (Å²) in [7, 11) is 1.32. The van der Waals surface area contributed by atoms with Crippen molar-refractivity contribution in [1.29, 1.82) is 0 Å². The van der Waals surface area contributed by atoms with Crippen molar-refractivity contribution in [3.63, 3.8) is 0 Å². The molecule has 1 aromatic heterocycles. The second kappa shape index (κ2) is 7.13. The molecule has 0 unspecified atom stereocenters. The molecule has 0 amide bonds. The third-order valence-electron chi connectivity index (χ3n) is 4.79. The van der Waals surface area contributed by atoms with Gasteiger partial charge in [-0.25, -0.2) is 14.8 Å². The molecule has 1 heterocycles. The molecule has 0 radical (unpaired) electrons. The lowest BCUT2D eigenvalue weighted by molar-refractivity contribution is 0.0593. The standard InChI is InChI=1S/C20H19Cl2N3O2/c1-27-19(26)16-15(22)18(24-17(23-16)13-5-6-13)25-20(9-10-20)8-7-12-3-2-4-14(21)11-12/h2-4,7-8,11,13H,5-6,9-10H2,1H3,(H,23,24,25)/b8-7+. The normalized spacial score (nSPS) is 17.7. The van der Waals surface area contributed by atoms with Crippen molar-refractivity contribution in [1.82, 2.24) is 9.97 Å². The fourth-order valence-corrected chi connectivity index (χ4v) is 3.28. The molecule has 0 spiro atoms. The lowest BCUT2D eigenvalue weighted by atomic mass is 10.1. The number of carbonyl (C=O) groups is 1. The number of benzene rings is 1. The van der Waals surface area contributed by atoms with Crippen molar-refractivity contribution >= 4 is 41.1 Å². The first-order valence-electron chi connectivity index (χ1n) is 8.88. The van der Waals surface area contributed by atoms with Crippen LogP contribution in [0.15, 0.2) is 30.3 Å². The van der Waals surface area contributed by atoms with Crippen LogP contribution in [0, 0.1) is 0 Å². The Morgan fingerprint density at radius 2 is 2.07 bits per heavy atom. The summed E-state index contributed by atoms with van der Waals surface area (Å²) in [5.74, 6) is 0.883. The van der Waals surface area contributed by atoms with E-state index < -0.39 is 5.97 Å². The van der Waals surface area contributed by atoms with Crippen molar-refractivity contribution in [3.05, 3.63) is 57.5 Å². The van der Waals surface area contributed by atoms with E-state index in [1.165, 1.54) is 7.11 Å². The molecule has 2 aliphatic rings. The number of halogens is 2. The first-order chi connectivity index (χ1) is 13.0. The van der Waals surface area contributed by atoms with Gasteiger partial charge in [0.15, 0.2) is 5.69 Å². The van der Waals surface area contributed by atoms with Crippen LogP contribution in [-0.4, -0.2) is 28.6 Å². The van der Waals surface area contributed by atoms with Crippen LogP contribution in [0.2, 0.25) is 10.0 Å². The van der Waals surface area contributed by atoms with Gasteiger partial charge in [0.05, 0.1) is 12.6 Å². The largest absolute Gasteiger partial charge is 0.464 e. The van der Waals surface area contributed by atoms with E-state index in [-0.39, 0.29) is 16.3 Å². The van der Waals surface area contributed by atoms with E-state index in [4.69, 9.17) is 27.9 Å².